The molecule has 2 unspecified atom stereocenters. The Kier molecular flexibility index (Phi) is 6.05. The molecule has 1 rings (SSSR count). The van der Waals surface area contributed by atoms with Crippen molar-refractivity contribution in [3.8, 4) is 0 Å². The van der Waals surface area contributed by atoms with E-state index in [4.69, 9.17) is 5.84 Å². The second-order valence-corrected chi connectivity index (χ2v) is 5.15. The lowest BCUT2D eigenvalue weighted by Crippen LogP contribution is -2.56. The van der Waals surface area contributed by atoms with E-state index in [0.29, 0.717) is 0 Å². The minimum atomic E-state index is -0.483. The van der Waals surface area contributed by atoms with Crippen molar-refractivity contribution in [2.75, 3.05) is 13.1 Å². The molecule has 0 saturated carbocycles. The molecule has 0 aliphatic carbocycles. The first-order valence-corrected chi connectivity index (χ1v) is 7.10. The Morgan fingerprint density at radius 3 is 2.30 bits per heavy atom. The van der Waals surface area contributed by atoms with Gasteiger partial charge in [0.2, 0.25) is 0 Å². The minimum Gasteiger partial charge on any atom is -0.297 e. The summed E-state index contributed by atoms with van der Waals surface area (Å²) < 4.78 is 27.5. The van der Waals surface area contributed by atoms with Crippen LogP contribution in [0.3, 0.4) is 0 Å². The molecule has 1 aromatic rings. The predicted molar refractivity (Wildman–Crippen MR) is 78.0 cm³/mol. The largest absolute Gasteiger partial charge is 0.297 e. The number of hydrogen-bond acceptors (Lipinski definition) is 3. The fourth-order valence-corrected chi connectivity index (χ4v) is 2.90. The van der Waals surface area contributed by atoms with Crippen LogP contribution in [0.5, 0.6) is 0 Å². The molecule has 0 fully saturated rings. The summed E-state index contributed by atoms with van der Waals surface area (Å²) in [5, 5.41) is 0. The number of rotatable bonds is 7. The van der Waals surface area contributed by atoms with Crippen molar-refractivity contribution < 1.29 is 8.78 Å². The Morgan fingerprint density at radius 2 is 1.85 bits per heavy atom. The van der Waals surface area contributed by atoms with Crippen molar-refractivity contribution in [1.29, 1.82) is 0 Å². The highest BCUT2D eigenvalue weighted by molar-refractivity contribution is 5.26. The quantitative estimate of drug-likeness (QED) is 0.598. The van der Waals surface area contributed by atoms with E-state index in [-0.39, 0.29) is 5.56 Å². The molecular formula is C15H25F2N3. The fourth-order valence-electron chi connectivity index (χ4n) is 2.90. The molecular weight excluding hydrogens is 260 g/mol. The molecule has 0 heterocycles. The Labute approximate surface area is 120 Å². The standard InChI is InChI=1S/C15H25F2N3/c1-5-15(4,20(6-2)7-3)14(19-18)12-10-11(16)8-9-13(12)17/h8-10,14,19H,5-7,18H2,1-4H3. The van der Waals surface area contributed by atoms with E-state index >= 15 is 0 Å². The van der Waals surface area contributed by atoms with Gasteiger partial charge in [0.1, 0.15) is 11.6 Å². The number of halogens is 2. The highest BCUT2D eigenvalue weighted by Gasteiger charge is 2.38. The Balaban J connectivity index is 3.31. The summed E-state index contributed by atoms with van der Waals surface area (Å²) in [5.41, 5.74) is 2.55. The molecule has 0 aliphatic rings. The lowest BCUT2D eigenvalue weighted by atomic mass is 9.83. The molecule has 20 heavy (non-hydrogen) atoms. The average molecular weight is 285 g/mol. The number of benzene rings is 1. The number of likely N-dealkylation sites (N-methyl/N-ethyl adjacent to an activating group) is 1. The van der Waals surface area contributed by atoms with Crippen LogP contribution in [-0.2, 0) is 0 Å². The number of hydrogen-bond donors (Lipinski definition) is 2. The van der Waals surface area contributed by atoms with Crippen LogP contribution >= 0.6 is 0 Å². The van der Waals surface area contributed by atoms with Gasteiger partial charge >= 0.3 is 0 Å². The highest BCUT2D eigenvalue weighted by Crippen LogP contribution is 2.35. The second kappa shape index (κ2) is 7.11. The molecule has 1 aromatic carbocycles. The summed E-state index contributed by atoms with van der Waals surface area (Å²) >= 11 is 0. The summed E-state index contributed by atoms with van der Waals surface area (Å²) in [6, 6.07) is 3.00. The van der Waals surface area contributed by atoms with Crippen molar-refractivity contribution in [3.63, 3.8) is 0 Å². The third-order valence-electron chi connectivity index (χ3n) is 4.26. The van der Waals surface area contributed by atoms with Gasteiger partial charge in [-0.15, -0.1) is 0 Å². The van der Waals surface area contributed by atoms with Crippen LogP contribution in [0.1, 0.15) is 45.7 Å². The molecule has 0 aliphatic heterocycles. The molecule has 5 heteroatoms. The van der Waals surface area contributed by atoms with Gasteiger partial charge in [0.05, 0.1) is 6.04 Å². The van der Waals surface area contributed by atoms with Gasteiger partial charge in [-0.3, -0.25) is 16.2 Å². The van der Waals surface area contributed by atoms with Crippen LogP contribution in [0, 0.1) is 11.6 Å². The van der Waals surface area contributed by atoms with Gasteiger partial charge in [-0.1, -0.05) is 20.8 Å². The van der Waals surface area contributed by atoms with Crippen LogP contribution in [0.4, 0.5) is 8.78 Å². The molecule has 0 amide bonds. The maximum absolute atomic E-state index is 14.1. The molecule has 0 saturated heterocycles. The van der Waals surface area contributed by atoms with Crippen molar-refractivity contribution >= 4 is 0 Å². The predicted octanol–water partition coefficient (Wildman–Crippen LogP) is 2.98. The van der Waals surface area contributed by atoms with E-state index in [1.54, 1.807) is 0 Å². The SMILES string of the molecule is CCN(CC)C(C)(CC)C(NN)c1cc(F)ccc1F. The lowest BCUT2D eigenvalue weighted by Gasteiger charge is -2.45. The van der Waals surface area contributed by atoms with E-state index in [0.717, 1.165) is 31.6 Å². The van der Waals surface area contributed by atoms with Gasteiger partial charge in [-0.05, 0) is 44.6 Å². The monoisotopic (exact) mass is 285 g/mol. The zero-order valence-corrected chi connectivity index (χ0v) is 12.7. The third-order valence-corrected chi connectivity index (χ3v) is 4.26. The summed E-state index contributed by atoms with van der Waals surface area (Å²) in [6.07, 6.45) is 0.763. The van der Waals surface area contributed by atoms with E-state index in [9.17, 15) is 8.78 Å². The first kappa shape index (κ1) is 17.0. The zero-order valence-electron chi connectivity index (χ0n) is 12.7. The third kappa shape index (κ3) is 3.16. The van der Waals surface area contributed by atoms with E-state index < -0.39 is 23.2 Å². The van der Waals surface area contributed by atoms with Gasteiger partial charge in [0.15, 0.2) is 0 Å². The van der Waals surface area contributed by atoms with Crippen molar-refractivity contribution in [3.05, 3.63) is 35.4 Å². The van der Waals surface area contributed by atoms with Crippen molar-refractivity contribution in [2.45, 2.75) is 45.7 Å². The number of nitrogens with one attached hydrogen (secondary N) is 1. The molecule has 3 nitrogen and oxygen atoms in total. The molecule has 114 valence electrons. The summed E-state index contributed by atoms with van der Waals surface area (Å²) in [7, 11) is 0. The molecule has 0 spiro atoms. The second-order valence-electron chi connectivity index (χ2n) is 5.15. The Morgan fingerprint density at radius 1 is 1.25 bits per heavy atom. The average Bonchev–Trinajstić information content (AvgIpc) is 2.44. The first-order valence-electron chi connectivity index (χ1n) is 7.10. The topological polar surface area (TPSA) is 41.3 Å². The van der Waals surface area contributed by atoms with Crippen molar-refractivity contribution in [2.24, 2.45) is 5.84 Å². The van der Waals surface area contributed by atoms with Gasteiger partial charge < -0.3 is 0 Å². The van der Waals surface area contributed by atoms with Gasteiger partial charge in [-0.25, -0.2) is 8.78 Å². The number of nitrogens with two attached hydrogens (primary N) is 1. The van der Waals surface area contributed by atoms with Crippen LogP contribution < -0.4 is 11.3 Å². The Bertz CT molecular complexity index is 435. The Hall–Kier alpha value is -1.04. The first-order chi connectivity index (χ1) is 9.44. The van der Waals surface area contributed by atoms with E-state index in [2.05, 4.69) is 10.3 Å². The van der Waals surface area contributed by atoms with E-state index in [1.165, 1.54) is 6.07 Å². The molecule has 0 bridgehead atoms. The van der Waals surface area contributed by atoms with E-state index in [1.807, 2.05) is 27.7 Å². The summed E-state index contributed by atoms with van der Waals surface area (Å²) in [6.45, 7) is 9.78. The molecule has 2 atom stereocenters. The number of hydrazine groups is 1. The lowest BCUT2D eigenvalue weighted by molar-refractivity contribution is 0.0683. The maximum Gasteiger partial charge on any atom is 0.128 e. The molecule has 0 aromatic heterocycles. The smallest absolute Gasteiger partial charge is 0.128 e. The van der Waals surface area contributed by atoms with Gasteiger partial charge in [0.25, 0.3) is 0 Å². The van der Waals surface area contributed by atoms with Crippen LogP contribution in [0.25, 0.3) is 0 Å². The fraction of sp³-hybridized carbons (Fsp3) is 0.600. The normalized spacial score (nSPS) is 16.2. The maximum atomic E-state index is 14.1. The summed E-state index contributed by atoms with van der Waals surface area (Å²) in [4.78, 5) is 2.21. The highest BCUT2D eigenvalue weighted by atomic mass is 19.1. The zero-order chi connectivity index (χ0) is 15.3. The van der Waals surface area contributed by atoms with Crippen molar-refractivity contribution in [1.82, 2.24) is 10.3 Å². The number of nitrogens with zero attached hydrogens (tertiary/aromatic N) is 1. The van der Waals surface area contributed by atoms with Crippen LogP contribution in [-0.4, -0.2) is 23.5 Å². The van der Waals surface area contributed by atoms with Crippen LogP contribution in [0.15, 0.2) is 18.2 Å². The summed E-state index contributed by atoms with van der Waals surface area (Å²) in [5.74, 6) is 4.76. The van der Waals surface area contributed by atoms with Gasteiger partial charge in [-0.2, -0.15) is 0 Å². The molecule has 3 N–H and O–H groups in total. The van der Waals surface area contributed by atoms with Crippen LogP contribution in [0.2, 0.25) is 0 Å². The van der Waals surface area contributed by atoms with Gasteiger partial charge in [0, 0.05) is 11.1 Å². The molecule has 0 radical (unpaired) electrons. The minimum absolute atomic E-state index is 0.267.